The summed E-state index contributed by atoms with van der Waals surface area (Å²) in [5, 5.41) is 2.89. The number of nitrogens with one attached hydrogen (secondary N) is 2. The van der Waals surface area contributed by atoms with Gasteiger partial charge in [0.2, 0.25) is 15.9 Å². The van der Waals surface area contributed by atoms with E-state index >= 15 is 0 Å². The second-order valence-electron chi connectivity index (χ2n) is 5.88. The molecule has 140 valence electrons. The predicted octanol–water partition coefficient (Wildman–Crippen LogP) is 1.99. The van der Waals surface area contributed by atoms with E-state index in [2.05, 4.69) is 10.0 Å². The molecule has 0 atom stereocenters. The van der Waals surface area contributed by atoms with Gasteiger partial charge < -0.3 is 10.1 Å². The molecule has 0 saturated heterocycles. The molecule has 0 saturated carbocycles. The first kappa shape index (κ1) is 20.1. The fraction of sp³-hybridized carbons (Fsp3) is 0.316. The second-order valence-corrected chi connectivity index (χ2v) is 7.76. The van der Waals surface area contributed by atoms with E-state index in [1.54, 1.807) is 31.4 Å². The van der Waals surface area contributed by atoms with Gasteiger partial charge in [0.25, 0.3) is 0 Å². The van der Waals surface area contributed by atoms with Crippen molar-refractivity contribution in [3.63, 3.8) is 0 Å². The van der Waals surface area contributed by atoms with Crippen LogP contribution in [0.25, 0.3) is 0 Å². The van der Waals surface area contributed by atoms with Gasteiger partial charge in [-0.25, -0.2) is 13.1 Å². The van der Waals surface area contributed by atoms with Crippen molar-refractivity contribution in [3.8, 4) is 0 Å². The lowest BCUT2D eigenvalue weighted by Gasteiger charge is -2.07. The molecule has 2 N–H and O–H groups in total. The predicted molar refractivity (Wildman–Crippen MR) is 100 cm³/mol. The number of amides is 1. The molecule has 2 aromatic carbocycles. The van der Waals surface area contributed by atoms with E-state index < -0.39 is 10.0 Å². The molecule has 0 fully saturated rings. The second kappa shape index (κ2) is 9.47. The van der Waals surface area contributed by atoms with E-state index in [1.165, 1.54) is 7.05 Å². The molecule has 6 nitrogen and oxygen atoms in total. The summed E-state index contributed by atoms with van der Waals surface area (Å²) >= 11 is 0. The molecule has 0 aliphatic heterocycles. The Labute approximate surface area is 154 Å². The molecule has 2 rings (SSSR count). The van der Waals surface area contributed by atoms with Crippen LogP contribution in [0.3, 0.4) is 0 Å². The number of benzene rings is 2. The van der Waals surface area contributed by atoms with E-state index in [9.17, 15) is 13.2 Å². The van der Waals surface area contributed by atoms with Gasteiger partial charge in [0.05, 0.1) is 11.5 Å². The first-order valence-electron chi connectivity index (χ1n) is 8.30. The minimum absolute atomic E-state index is 0.0436. The van der Waals surface area contributed by atoms with Crippen LogP contribution in [-0.2, 0) is 39.1 Å². The number of ether oxygens (including phenoxy) is 1. The molecule has 0 heterocycles. The van der Waals surface area contributed by atoms with Gasteiger partial charge in [0.1, 0.15) is 0 Å². The number of carbonyl (C=O) groups excluding carboxylic acids is 1. The normalized spacial score (nSPS) is 11.3. The van der Waals surface area contributed by atoms with Crippen molar-refractivity contribution >= 4 is 15.9 Å². The minimum Gasteiger partial charge on any atom is -0.380 e. The zero-order valence-corrected chi connectivity index (χ0v) is 15.8. The Morgan fingerprint density at radius 2 is 1.54 bits per heavy atom. The average Bonchev–Trinajstić information content (AvgIpc) is 2.66. The van der Waals surface area contributed by atoms with Crippen LogP contribution in [0.1, 0.15) is 23.1 Å². The SMILES string of the molecule is CNS(=O)(=O)c1ccc(CCC(=O)NCc2ccc(COC)cc2)cc1. The maximum atomic E-state index is 12.0. The van der Waals surface area contributed by atoms with E-state index in [4.69, 9.17) is 4.74 Å². The third kappa shape index (κ3) is 5.94. The number of carbonyl (C=O) groups is 1. The highest BCUT2D eigenvalue weighted by molar-refractivity contribution is 7.89. The number of methoxy groups -OCH3 is 1. The van der Waals surface area contributed by atoms with Crippen LogP contribution in [0.2, 0.25) is 0 Å². The molecule has 7 heteroatoms. The third-order valence-electron chi connectivity index (χ3n) is 3.97. The summed E-state index contributed by atoms with van der Waals surface area (Å²) in [4.78, 5) is 12.2. The Hall–Kier alpha value is -2.22. The lowest BCUT2D eigenvalue weighted by atomic mass is 10.1. The van der Waals surface area contributed by atoms with Gasteiger partial charge in [-0.15, -0.1) is 0 Å². The van der Waals surface area contributed by atoms with Gasteiger partial charge in [0.15, 0.2) is 0 Å². The van der Waals surface area contributed by atoms with Crippen molar-refractivity contribution in [2.75, 3.05) is 14.2 Å². The van der Waals surface area contributed by atoms with Crippen LogP contribution in [0.5, 0.6) is 0 Å². The summed E-state index contributed by atoms with van der Waals surface area (Å²) in [7, 11) is -0.402. The minimum atomic E-state index is -3.43. The molecule has 2 aromatic rings. The highest BCUT2D eigenvalue weighted by Crippen LogP contribution is 2.11. The number of hydrogen-bond donors (Lipinski definition) is 2. The summed E-state index contributed by atoms with van der Waals surface area (Å²) < 4.78 is 30.7. The van der Waals surface area contributed by atoms with Gasteiger partial charge in [-0.3, -0.25) is 4.79 Å². The smallest absolute Gasteiger partial charge is 0.240 e. The maximum absolute atomic E-state index is 12.0. The highest BCUT2D eigenvalue weighted by Gasteiger charge is 2.10. The van der Waals surface area contributed by atoms with Crippen LogP contribution in [0.15, 0.2) is 53.4 Å². The zero-order chi connectivity index (χ0) is 19.0. The molecule has 0 spiro atoms. The number of sulfonamides is 1. The quantitative estimate of drug-likeness (QED) is 0.701. The van der Waals surface area contributed by atoms with Crippen molar-refractivity contribution in [2.24, 2.45) is 0 Å². The molecule has 0 bridgehead atoms. The molecule has 0 unspecified atom stereocenters. The first-order chi connectivity index (χ1) is 12.4. The van der Waals surface area contributed by atoms with E-state index in [0.717, 1.165) is 16.7 Å². The van der Waals surface area contributed by atoms with Crippen LogP contribution in [-0.4, -0.2) is 28.5 Å². The Balaban J connectivity index is 1.79. The fourth-order valence-electron chi connectivity index (χ4n) is 2.42. The van der Waals surface area contributed by atoms with Gasteiger partial charge >= 0.3 is 0 Å². The van der Waals surface area contributed by atoms with Crippen LogP contribution in [0.4, 0.5) is 0 Å². The lowest BCUT2D eigenvalue weighted by Crippen LogP contribution is -2.23. The van der Waals surface area contributed by atoms with Crippen molar-refractivity contribution in [2.45, 2.75) is 30.9 Å². The van der Waals surface area contributed by atoms with Gasteiger partial charge in [-0.05, 0) is 42.3 Å². The van der Waals surface area contributed by atoms with E-state index in [0.29, 0.717) is 26.0 Å². The van der Waals surface area contributed by atoms with E-state index in [1.807, 2.05) is 24.3 Å². The topological polar surface area (TPSA) is 84.5 Å². The maximum Gasteiger partial charge on any atom is 0.240 e. The first-order valence-corrected chi connectivity index (χ1v) is 9.79. The molecular formula is C19H24N2O4S. The van der Waals surface area contributed by atoms with Crippen LogP contribution in [0, 0.1) is 0 Å². The Morgan fingerprint density at radius 3 is 2.12 bits per heavy atom. The standard InChI is InChI=1S/C19H24N2O4S/c1-20-26(23,24)18-10-7-15(8-11-18)9-12-19(22)21-13-16-3-5-17(6-4-16)14-25-2/h3-8,10-11,20H,9,12-14H2,1-2H3,(H,21,22). The molecule has 0 aliphatic carbocycles. The molecule has 1 amide bonds. The number of aryl methyl sites for hydroxylation is 1. The molecule has 0 aromatic heterocycles. The highest BCUT2D eigenvalue weighted by atomic mass is 32.2. The van der Waals surface area contributed by atoms with Crippen molar-refractivity contribution in [3.05, 3.63) is 65.2 Å². The molecular weight excluding hydrogens is 352 g/mol. The fourth-order valence-corrected chi connectivity index (χ4v) is 3.15. The number of hydrogen-bond acceptors (Lipinski definition) is 4. The summed E-state index contributed by atoms with van der Waals surface area (Å²) in [5.74, 6) is -0.0436. The van der Waals surface area contributed by atoms with Gasteiger partial charge in [0, 0.05) is 20.1 Å². The summed E-state index contributed by atoms with van der Waals surface area (Å²) in [6.07, 6.45) is 0.901. The number of rotatable bonds is 9. The Morgan fingerprint density at radius 1 is 0.962 bits per heavy atom. The Kier molecular flexibility index (Phi) is 7.32. The Bertz CT molecular complexity index is 816. The third-order valence-corrected chi connectivity index (χ3v) is 5.40. The van der Waals surface area contributed by atoms with Gasteiger partial charge in [-0.2, -0.15) is 0 Å². The molecule has 0 aliphatic rings. The summed E-state index contributed by atoms with van der Waals surface area (Å²) in [5.41, 5.74) is 3.03. The van der Waals surface area contributed by atoms with Crippen molar-refractivity contribution in [1.82, 2.24) is 10.0 Å². The largest absolute Gasteiger partial charge is 0.380 e. The zero-order valence-electron chi connectivity index (χ0n) is 15.0. The van der Waals surface area contributed by atoms with Crippen molar-refractivity contribution in [1.29, 1.82) is 0 Å². The van der Waals surface area contributed by atoms with Gasteiger partial charge in [-0.1, -0.05) is 36.4 Å². The van der Waals surface area contributed by atoms with Crippen LogP contribution >= 0.6 is 0 Å². The monoisotopic (exact) mass is 376 g/mol. The molecule has 0 radical (unpaired) electrons. The lowest BCUT2D eigenvalue weighted by molar-refractivity contribution is -0.121. The molecule has 26 heavy (non-hydrogen) atoms. The summed E-state index contributed by atoms with van der Waals surface area (Å²) in [6.45, 7) is 1.05. The van der Waals surface area contributed by atoms with Crippen LogP contribution < -0.4 is 10.0 Å². The van der Waals surface area contributed by atoms with Crippen molar-refractivity contribution < 1.29 is 17.9 Å². The van der Waals surface area contributed by atoms with E-state index in [-0.39, 0.29) is 10.8 Å². The summed E-state index contributed by atoms with van der Waals surface area (Å²) in [6, 6.07) is 14.4. The average molecular weight is 376 g/mol.